The number of hydrogen-bond acceptors (Lipinski definition) is 2. The molecule has 108 valence electrons. The van der Waals surface area contributed by atoms with Gasteiger partial charge in [0.15, 0.2) is 0 Å². The summed E-state index contributed by atoms with van der Waals surface area (Å²) in [4.78, 5) is 15.3. The van der Waals surface area contributed by atoms with Gasteiger partial charge in [-0.15, -0.1) is 0 Å². The van der Waals surface area contributed by atoms with E-state index in [9.17, 15) is 9.18 Å². The molecule has 1 heterocycles. The topological polar surface area (TPSA) is 54.1 Å². The van der Waals surface area contributed by atoms with Crippen molar-refractivity contribution in [2.45, 2.75) is 26.9 Å². The standard InChI is InChI=1S/C15H19FN2O2/c1-9(2)20-7-6-17-15(19)14-10(3)18-13-5-4-11(16)8-12(13)14/h4-5,8-9,18H,6-7H2,1-3H3,(H,17,19). The maximum absolute atomic E-state index is 13.3. The van der Waals surface area contributed by atoms with Crippen LogP contribution in [0.15, 0.2) is 18.2 Å². The van der Waals surface area contributed by atoms with Crippen LogP contribution < -0.4 is 5.32 Å². The van der Waals surface area contributed by atoms with E-state index in [1.807, 2.05) is 13.8 Å². The highest BCUT2D eigenvalue weighted by Crippen LogP contribution is 2.22. The molecule has 2 N–H and O–H groups in total. The lowest BCUT2D eigenvalue weighted by atomic mass is 10.1. The van der Waals surface area contributed by atoms with Crippen molar-refractivity contribution in [2.75, 3.05) is 13.2 Å². The number of rotatable bonds is 5. The van der Waals surface area contributed by atoms with Gasteiger partial charge in [0.25, 0.3) is 5.91 Å². The molecule has 0 atom stereocenters. The van der Waals surface area contributed by atoms with Crippen LogP contribution >= 0.6 is 0 Å². The maximum Gasteiger partial charge on any atom is 0.253 e. The van der Waals surface area contributed by atoms with Crippen molar-refractivity contribution < 1.29 is 13.9 Å². The second kappa shape index (κ2) is 6.05. The van der Waals surface area contributed by atoms with E-state index in [1.165, 1.54) is 12.1 Å². The van der Waals surface area contributed by atoms with Crippen LogP contribution in [0.3, 0.4) is 0 Å². The van der Waals surface area contributed by atoms with Crippen molar-refractivity contribution in [3.63, 3.8) is 0 Å². The number of ether oxygens (including phenoxy) is 1. The highest BCUT2D eigenvalue weighted by molar-refractivity contribution is 6.08. The fourth-order valence-electron chi connectivity index (χ4n) is 2.14. The first-order valence-electron chi connectivity index (χ1n) is 6.66. The third-order valence-electron chi connectivity index (χ3n) is 3.01. The van der Waals surface area contributed by atoms with Gasteiger partial charge in [0, 0.05) is 23.1 Å². The van der Waals surface area contributed by atoms with Gasteiger partial charge in [-0.3, -0.25) is 4.79 Å². The number of benzene rings is 1. The quantitative estimate of drug-likeness (QED) is 0.826. The minimum Gasteiger partial charge on any atom is -0.377 e. The van der Waals surface area contributed by atoms with Crippen LogP contribution in [0.25, 0.3) is 10.9 Å². The van der Waals surface area contributed by atoms with Crippen LogP contribution in [-0.4, -0.2) is 30.1 Å². The SMILES string of the molecule is Cc1[nH]c2ccc(F)cc2c1C(=O)NCCOC(C)C. The molecule has 0 saturated carbocycles. The molecule has 0 bridgehead atoms. The Balaban J connectivity index is 2.13. The predicted molar refractivity (Wildman–Crippen MR) is 76.4 cm³/mol. The molecule has 1 aromatic carbocycles. The average molecular weight is 278 g/mol. The Bertz CT molecular complexity index is 620. The highest BCUT2D eigenvalue weighted by atomic mass is 19.1. The van der Waals surface area contributed by atoms with Gasteiger partial charge < -0.3 is 15.0 Å². The van der Waals surface area contributed by atoms with Gasteiger partial charge in [-0.1, -0.05) is 0 Å². The lowest BCUT2D eigenvalue weighted by Crippen LogP contribution is -2.28. The number of nitrogens with one attached hydrogen (secondary N) is 2. The number of halogens is 1. The molecule has 0 unspecified atom stereocenters. The van der Waals surface area contributed by atoms with Gasteiger partial charge >= 0.3 is 0 Å². The Morgan fingerprint density at radius 2 is 2.20 bits per heavy atom. The van der Waals surface area contributed by atoms with Crippen molar-refractivity contribution in [2.24, 2.45) is 0 Å². The van der Waals surface area contributed by atoms with Gasteiger partial charge in [-0.2, -0.15) is 0 Å². The van der Waals surface area contributed by atoms with E-state index in [4.69, 9.17) is 4.74 Å². The third kappa shape index (κ3) is 3.17. The Morgan fingerprint density at radius 1 is 1.45 bits per heavy atom. The largest absolute Gasteiger partial charge is 0.377 e. The molecule has 0 spiro atoms. The van der Waals surface area contributed by atoms with E-state index in [2.05, 4.69) is 10.3 Å². The first-order chi connectivity index (χ1) is 9.49. The molecule has 0 aliphatic carbocycles. The zero-order valence-electron chi connectivity index (χ0n) is 11.9. The Labute approximate surface area is 117 Å². The monoisotopic (exact) mass is 278 g/mol. The van der Waals surface area contributed by atoms with Crippen molar-refractivity contribution in [1.29, 1.82) is 0 Å². The van der Waals surface area contributed by atoms with Crippen molar-refractivity contribution >= 4 is 16.8 Å². The zero-order valence-corrected chi connectivity index (χ0v) is 11.9. The summed E-state index contributed by atoms with van der Waals surface area (Å²) >= 11 is 0. The van der Waals surface area contributed by atoms with Gasteiger partial charge in [0.1, 0.15) is 5.82 Å². The third-order valence-corrected chi connectivity index (χ3v) is 3.01. The number of carbonyl (C=O) groups is 1. The van der Waals surface area contributed by atoms with Crippen LogP contribution in [0.2, 0.25) is 0 Å². The molecule has 4 nitrogen and oxygen atoms in total. The first kappa shape index (κ1) is 14.5. The lowest BCUT2D eigenvalue weighted by molar-refractivity contribution is 0.0747. The van der Waals surface area contributed by atoms with E-state index in [-0.39, 0.29) is 17.8 Å². The van der Waals surface area contributed by atoms with Gasteiger partial charge in [0.2, 0.25) is 0 Å². The van der Waals surface area contributed by atoms with Crippen molar-refractivity contribution in [3.8, 4) is 0 Å². The van der Waals surface area contributed by atoms with Gasteiger partial charge in [-0.25, -0.2) is 4.39 Å². The van der Waals surface area contributed by atoms with Gasteiger partial charge in [0.05, 0.1) is 18.3 Å². The summed E-state index contributed by atoms with van der Waals surface area (Å²) in [6, 6.07) is 4.38. The van der Waals surface area contributed by atoms with E-state index in [0.717, 1.165) is 11.2 Å². The summed E-state index contributed by atoms with van der Waals surface area (Å²) in [7, 11) is 0. The molecule has 20 heavy (non-hydrogen) atoms. The molecule has 0 radical (unpaired) electrons. The minimum absolute atomic E-state index is 0.135. The summed E-state index contributed by atoms with van der Waals surface area (Å²) in [5, 5.41) is 3.39. The van der Waals surface area contributed by atoms with E-state index >= 15 is 0 Å². The Morgan fingerprint density at radius 3 is 2.90 bits per heavy atom. The first-order valence-corrected chi connectivity index (χ1v) is 6.66. The minimum atomic E-state index is -0.353. The molecular formula is C15H19FN2O2. The summed E-state index contributed by atoms with van der Waals surface area (Å²) in [6.45, 7) is 6.57. The molecule has 0 fully saturated rings. The predicted octanol–water partition coefficient (Wildman–Crippen LogP) is 2.77. The Kier molecular flexibility index (Phi) is 4.39. The van der Waals surface area contributed by atoms with Crippen molar-refractivity contribution in [3.05, 3.63) is 35.3 Å². The maximum atomic E-state index is 13.3. The number of H-pyrrole nitrogens is 1. The number of aryl methyl sites for hydroxylation is 1. The number of fused-ring (bicyclic) bond motifs is 1. The Hall–Kier alpha value is -1.88. The smallest absolute Gasteiger partial charge is 0.253 e. The van der Waals surface area contributed by atoms with Crippen LogP contribution in [-0.2, 0) is 4.74 Å². The van der Waals surface area contributed by atoms with Crippen LogP contribution in [0.5, 0.6) is 0 Å². The molecule has 2 aromatic rings. The number of carbonyl (C=O) groups excluding carboxylic acids is 1. The average Bonchev–Trinajstić information content (AvgIpc) is 2.69. The van der Waals surface area contributed by atoms with Crippen LogP contribution in [0, 0.1) is 12.7 Å². The lowest BCUT2D eigenvalue weighted by Gasteiger charge is -2.08. The zero-order chi connectivity index (χ0) is 14.7. The summed E-state index contributed by atoms with van der Waals surface area (Å²) in [5.41, 5.74) is 1.98. The molecule has 1 amide bonds. The van der Waals surface area contributed by atoms with E-state index < -0.39 is 0 Å². The molecular weight excluding hydrogens is 259 g/mol. The normalized spacial score (nSPS) is 11.2. The fraction of sp³-hybridized carbons (Fsp3) is 0.400. The number of aromatic amines is 1. The number of amides is 1. The summed E-state index contributed by atoms with van der Waals surface area (Å²) in [5.74, 6) is -0.569. The molecule has 2 rings (SSSR count). The highest BCUT2D eigenvalue weighted by Gasteiger charge is 2.16. The summed E-state index contributed by atoms with van der Waals surface area (Å²) in [6.07, 6.45) is 0.135. The molecule has 0 aliphatic heterocycles. The fourth-order valence-corrected chi connectivity index (χ4v) is 2.14. The molecule has 0 aliphatic rings. The van der Waals surface area contributed by atoms with Crippen molar-refractivity contribution in [1.82, 2.24) is 10.3 Å². The van der Waals surface area contributed by atoms with E-state index in [0.29, 0.717) is 24.1 Å². The molecule has 0 saturated heterocycles. The second-order valence-corrected chi connectivity index (χ2v) is 4.99. The number of aromatic nitrogens is 1. The van der Waals surface area contributed by atoms with Crippen LogP contribution in [0.4, 0.5) is 4.39 Å². The molecule has 5 heteroatoms. The molecule has 1 aromatic heterocycles. The number of hydrogen-bond donors (Lipinski definition) is 2. The van der Waals surface area contributed by atoms with Crippen LogP contribution in [0.1, 0.15) is 29.9 Å². The van der Waals surface area contributed by atoms with E-state index in [1.54, 1.807) is 13.0 Å². The second-order valence-electron chi connectivity index (χ2n) is 4.99. The summed E-state index contributed by atoms with van der Waals surface area (Å²) < 4.78 is 18.7. The van der Waals surface area contributed by atoms with Gasteiger partial charge in [-0.05, 0) is 39.0 Å².